The average molecular weight is 193 g/mol. The Hall–Kier alpha value is 0.210. The summed E-state index contributed by atoms with van der Waals surface area (Å²) in [6.45, 7) is 11.3. The van der Waals surface area contributed by atoms with Gasteiger partial charge in [-0.2, -0.15) is 0 Å². The molecular weight excluding hydrogens is 174 g/mol. The van der Waals surface area contributed by atoms with Crippen LogP contribution in [0.5, 0.6) is 0 Å². The van der Waals surface area contributed by atoms with Gasteiger partial charge in [0, 0.05) is 0 Å². The van der Waals surface area contributed by atoms with Crippen molar-refractivity contribution in [3.05, 3.63) is 0 Å². The van der Waals surface area contributed by atoms with Crippen molar-refractivity contribution in [2.24, 2.45) is 0 Å². The van der Waals surface area contributed by atoms with Gasteiger partial charge >= 0.3 is 0 Å². The number of likely N-dealkylation sites (N-methyl/N-ethyl adjacent to an activating group) is 1. The van der Waals surface area contributed by atoms with E-state index in [0.717, 1.165) is 11.0 Å². The molecule has 0 radical (unpaired) electrons. The van der Waals surface area contributed by atoms with Crippen LogP contribution in [0.4, 0.5) is 0 Å². The summed E-state index contributed by atoms with van der Waals surface area (Å²) in [6.07, 6.45) is 0.312. The lowest BCUT2D eigenvalue weighted by molar-refractivity contribution is -0.923. The van der Waals surface area contributed by atoms with Crippen LogP contribution in [-0.2, 0) is 4.74 Å². The second-order valence-electron chi connectivity index (χ2n) is 3.50. The van der Waals surface area contributed by atoms with Crippen LogP contribution in [-0.4, -0.2) is 42.3 Å². The molecule has 12 heavy (non-hydrogen) atoms. The minimum Gasteiger partial charge on any atom is -0.346 e. The third-order valence-electron chi connectivity index (χ3n) is 3.10. The molecule has 2 atom stereocenters. The van der Waals surface area contributed by atoms with Crippen LogP contribution in [0.2, 0.25) is 0 Å². The molecule has 0 aromatic heterocycles. The monoisotopic (exact) mass is 192 g/mol. The number of hydrogen-bond donors (Lipinski definition) is 0. The van der Waals surface area contributed by atoms with E-state index in [1.165, 1.54) is 19.6 Å². The third kappa shape index (κ3) is 2.12. The Morgan fingerprint density at radius 3 is 1.83 bits per heavy atom. The van der Waals surface area contributed by atoms with E-state index in [-0.39, 0.29) is 5.56 Å². The first-order chi connectivity index (χ1) is 5.67. The SMILES string of the molecule is CC[N+](CC)(CC)CC1OC1Cl. The van der Waals surface area contributed by atoms with Gasteiger partial charge in [0.15, 0.2) is 5.56 Å². The predicted octanol–water partition coefficient (Wildman–Crippen LogP) is 1.83. The highest BCUT2D eigenvalue weighted by Gasteiger charge is 2.43. The molecule has 3 heteroatoms. The van der Waals surface area contributed by atoms with Gasteiger partial charge in [-0.3, -0.25) is 0 Å². The summed E-state index contributed by atoms with van der Waals surface area (Å²) in [5.74, 6) is 0. The number of halogens is 1. The lowest BCUT2D eigenvalue weighted by Crippen LogP contribution is -2.50. The molecule has 0 spiro atoms. The molecule has 1 saturated heterocycles. The van der Waals surface area contributed by atoms with E-state index in [2.05, 4.69) is 20.8 Å². The zero-order chi connectivity index (χ0) is 9.19. The van der Waals surface area contributed by atoms with Gasteiger partial charge in [0.2, 0.25) is 0 Å². The number of hydrogen-bond acceptors (Lipinski definition) is 1. The van der Waals surface area contributed by atoms with E-state index in [0.29, 0.717) is 6.10 Å². The molecular formula is C9H19ClNO+. The summed E-state index contributed by atoms with van der Waals surface area (Å²) in [6, 6.07) is 0. The fourth-order valence-corrected chi connectivity index (χ4v) is 1.90. The molecule has 0 aliphatic carbocycles. The van der Waals surface area contributed by atoms with Gasteiger partial charge in [-0.25, -0.2) is 0 Å². The molecule has 72 valence electrons. The molecule has 0 bridgehead atoms. The molecule has 2 unspecified atom stereocenters. The number of nitrogens with zero attached hydrogens (tertiary/aromatic N) is 1. The first-order valence-corrected chi connectivity index (χ1v) is 5.25. The highest BCUT2D eigenvalue weighted by molar-refractivity contribution is 6.21. The van der Waals surface area contributed by atoms with E-state index in [9.17, 15) is 0 Å². The highest BCUT2D eigenvalue weighted by Crippen LogP contribution is 2.28. The van der Waals surface area contributed by atoms with Crippen molar-refractivity contribution in [1.82, 2.24) is 0 Å². The lowest BCUT2D eigenvalue weighted by atomic mass is 10.3. The Bertz CT molecular complexity index is 139. The van der Waals surface area contributed by atoms with Crippen molar-refractivity contribution in [3.8, 4) is 0 Å². The predicted molar refractivity (Wildman–Crippen MR) is 51.3 cm³/mol. The van der Waals surface area contributed by atoms with Crippen LogP contribution in [0.15, 0.2) is 0 Å². The van der Waals surface area contributed by atoms with Crippen molar-refractivity contribution >= 4 is 11.6 Å². The highest BCUT2D eigenvalue weighted by atomic mass is 35.5. The van der Waals surface area contributed by atoms with E-state index >= 15 is 0 Å². The van der Waals surface area contributed by atoms with Crippen LogP contribution in [0.3, 0.4) is 0 Å². The zero-order valence-electron chi connectivity index (χ0n) is 8.22. The van der Waals surface area contributed by atoms with E-state index < -0.39 is 0 Å². The van der Waals surface area contributed by atoms with Gasteiger partial charge < -0.3 is 9.22 Å². The first-order valence-electron chi connectivity index (χ1n) is 4.82. The lowest BCUT2D eigenvalue weighted by Gasteiger charge is -2.35. The summed E-state index contributed by atoms with van der Waals surface area (Å²) in [5.41, 5.74) is -0.00727. The van der Waals surface area contributed by atoms with Gasteiger partial charge in [0.25, 0.3) is 0 Å². The molecule has 0 amide bonds. The number of alkyl halides is 1. The van der Waals surface area contributed by atoms with Gasteiger partial charge in [-0.05, 0) is 20.8 Å². The standard InChI is InChI=1S/C9H19ClNO/c1-4-11(5-2,6-3)7-8-9(10)12-8/h8-9H,4-7H2,1-3H3/q+1. The second kappa shape index (κ2) is 3.95. The second-order valence-corrected chi connectivity index (χ2v) is 3.93. The summed E-state index contributed by atoms with van der Waals surface area (Å²) in [7, 11) is 0. The topological polar surface area (TPSA) is 12.5 Å². The number of rotatable bonds is 5. The Morgan fingerprint density at radius 2 is 1.58 bits per heavy atom. The Labute approximate surface area is 80.0 Å². The Balaban J connectivity index is 2.41. The maximum atomic E-state index is 5.80. The maximum Gasteiger partial charge on any atom is 0.163 e. The number of quaternary nitrogens is 1. The summed E-state index contributed by atoms with van der Waals surface area (Å²) >= 11 is 5.80. The Morgan fingerprint density at radius 1 is 1.17 bits per heavy atom. The van der Waals surface area contributed by atoms with Gasteiger partial charge in [-0.15, -0.1) is 0 Å². The van der Waals surface area contributed by atoms with Gasteiger partial charge in [0.1, 0.15) is 12.6 Å². The van der Waals surface area contributed by atoms with E-state index in [1.807, 2.05) is 0 Å². The quantitative estimate of drug-likeness (QED) is 0.368. The molecule has 0 saturated carbocycles. The van der Waals surface area contributed by atoms with Crippen LogP contribution in [0.25, 0.3) is 0 Å². The molecule has 1 heterocycles. The van der Waals surface area contributed by atoms with Crippen molar-refractivity contribution in [2.75, 3.05) is 26.2 Å². The molecule has 0 N–H and O–H groups in total. The van der Waals surface area contributed by atoms with Crippen molar-refractivity contribution in [2.45, 2.75) is 32.4 Å². The minimum atomic E-state index is -0.00727. The van der Waals surface area contributed by atoms with Crippen molar-refractivity contribution in [3.63, 3.8) is 0 Å². The fraction of sp³-hybridized carbons (Fsp3) is 1.00. The fourth-order valence-electron chi connectivity index (χ4n) is 1.69. The molecule has 2 nitrogen and oxygen atoms in total. The molecule has 0 aromatic carbocycles. The van der Waals surface area contributed by atoms with Crippen LogP contribution in [0, 0.1) is 0 Å². The molecule has 0 aromatic rings. The van der Waals surface area contributed by atoms with Crippen molar-refractivity contribution < 1.29 is 9.22 Å². The number of ether oxygens (including phenoxy) is 1. The van der Waals surface area contributed by atoms with Crippen molar-refractivity contribution in [1.29, 1.82) is 0 Å². The first kappa shape index (κ1) is 10.3. The molecule has 1 rings (SSSR count). The summed E-state index contributed by atoms with van der Waals surface area (Å²) in [5, 5.41) is 0. The largest absolute Gasteiger partial charge is 0.346 e. The minimum absolute atomic E-state index is 0.00727. The molecule has 1 aliphatic heterocycles. The van der Waals surface area contributed by atoms with Gasteiger partial charge in [-0.1, -0.05) is 11.6 Å². The van der Waals surface area contributed by atoms with Crippen LogP contribution >= 0.6 is 11.6 Å². The smallest absolute Gasteiger partial charge is 0.163 e. The van der Waals surface area contributed by atoms with E-state index in [4.69, 9.17) is 16.3 Å². The summed E-state index contributed by atoms with van der Waals surface area (Å²) < 4.78 is 6.36. The Kier molecular flexibility index (Phi) is 3.38. The summed E-state index contributed by atoms with van der Waals surface area (Å²) in [4.78, 5) is 0. The van der Waals surface area contributed by atoms with Crippen LogP contribution in [0.1, 0.15) is 20.8 Å². The molecule has 1 aliphatic rings. The third-order valence-corrected chi connectivity index (χ3v) is 3.48. The maximum absolute atomic E-state index is 5.80. The van der Waals surface area contributed by atoms with Gasteiger partial charge in [0.05, 0.1) is 19.6 Å². The molecule has 1 fully saturated rings. The zero-order valence-corrected chi connectivity index (χ0v) is 8.97. The van der Waals surface area contributed by atoms with Crippen LogP contribution < -0.4 is 0 Å². The number of epoxide rings is 1. The van der Waals surface area contributed by atoms with E-state index in [1.54, 1.807) is 0 Å². The average Bonchev–Trinajstić information content (AvgIpc) is 2.78. The normalized spacial score (nSPS) is 29.0.